The van der Waals surface area contributed by atoms with E-state index in [1.165, 1.54) is 0 Å². The summed E-state index contributed by atoms with van der Waals surface area (Å²) in [5.41, 5.74) is 5.04. The number of rotatable bonds is 5. The Morgan fingerprint density at radius 2 is 1.92 bits per heavy atom. The number of nitrogens with two attached hydrogens (primary N) is 1. The first kappa shape index (κ1) is 12.2. The van der Waals surface area contributed by atoms with Gasteiger partial charge in [-0.2, -0.15) is 0 Å². The standard InChI is InChI=1S/C8H13Br2NO/c1-2-3-4-6(9)7(10)5-8(11)12/h2-5H2,1H3,(H2,11,12)/b7-6+. The van der Waals surface area contributed by atoms with Crippen LogP contribution in [0.15, 0.2) is 8.96 Å². The molecule has 0 aromatic rings. The van der Waals surface area contributed by atoms with E-state index in [0.717, 1.165) is 28.2 Å². The van der Waals surface area contributed by atoms with Crippen molar-refractivity contribution in [1.82, 2.24) is 0 Å². The van der Waals surface area contributed by atoms with Gasteiger partial charge in [-0.05, 0) is 12.8 Å². The summed E-state index contributed by atoms with van der Waals surface area (Å²) in [7, 11) is 0. The molecule has 0 aliphatic heterocycles. The molecule has 0 unspecified atom stereocenters. The van der Waals surface area contributed by atoms with Gasteiger partial charge in [0.25, 0.3) is 0 Å². The molecule has 0 fully saturated rings. The van der Waals surface area contributed by atoms with Crippen molar-refractivity contribution in [1.29, 1.82) is 0 Å². The second-order valence-electron chi connectivity index (χ2n) is 2.56. The maximum Gasteiger partial charge on any atom is 0.222 e. The van der Waals surface area contributed by atoms with Gasteiger partial charge in [-0.1, -0.05) is 45.2 Å². The van der Waals surface area contributed by atoms with Crippen LogP contribution in [0.1, 0.15) is 32.6 Å². The van der Waals surface area contributed by atoms with Crippen LogP contribution in [-0.2, 0) is 4.79 Å². The summed E-state index contributed by atoms with van der Waals surface area (Å²) < 4.78 is 1.91. The Morgan fingerprint density at radius 3 is 2.33 bits per heavy atom. The lowest BCUT2D eigenvalue weighted by Crippen LogP contribution is -2.09. The van der Waals surface area contributed by atoms with E-state index in [4.69, 9.17) is 5.73 Å². The molecule has 0 saturated carbocycles. The van der Waals surface area contributed by atoms with E-state index in [1.807, 2.05) is 0 Å². The van der Waals surface area contributed by atoms with E-state index in [0.29, 0.717) is 0 Å². The largest absolute Gasteiger partial charge is 0.369 e. The molecule has 0 radical (unpaired) electrons. The molecular formula is C8H13Br2NO. The van der Waals surface area contributed by atoms with Crippen LogP contribution in [0.3, 0.4) is 0 Å². The molecule has 0 aliphatic carbocycles. The first-order valence-electron chi connectivity index (χ1n) is 3.89. The Balaban J connectivity index is 3.97. The Kier molecular flexibility index (Phi) is 6.76. The van der Waals surface area contributed by atoms with E-state index in [9.17, 15) is 4.79 Å². The highest BCUT2D eigenvalue weighted by molar-refractivity contribution is 9.14. The van der Waals surface area contributed by atoms with Gasteiger partial charge in [0.1, 0.15) is 0 Å². The summed E-state index contributed by atoms with van der Waals surface area (Å²) >= 11 is 6.70. The third-order valence-electron chi connectivity index (χ3n) is 1.37. The molecule has 0 bridgehead atoms. The summed E-state index contributed by atoms with van der Waals surface area (Å²) in [5, 5.41) is 0. The number of hydrogen-bond acceptors (Lipinski definition) is 1. The van der Waals surface area contributed by atoms with Crippen molar-refractivity contribution in [2.45, 2.75) is 32.6 Å². The second kappa shape index (κ2) is 6.66. The Labute approximate surface area is 89.8 Å². The molecule has 0 heterocycles. The molecule has 0 rings (SSSR count). The average Bonchev–Trinajstić information content (AvgIpc) is 1.98. The lowest BCUT2D eigenvalue weighted by Gasteiger charge is -2.01. The third kappa shape index (κ3) is 5.77. The van der Waals surface area contributed by atoms with Crippen molar-refractivity contribution in [2.75, 3.05) is 0 Å². The van der Waals surface area contributed by atoms with Gasteiger partial charge in [0.05, 0.1) is 6.42 Å². The molecule has 4 heteroatoms. The maximum absolute atomic E-state index is 10.5. The van der Waals surface area contributed by atoms with Crippen LogP contribution in [0, 0.1) is 0 Å². The molecule has 1 amide bonds. The summed E-state index contributed by atoms with van der Waals surface area (Å²) in [5.74, 6) is -0.310. The maximum atomic E-state index is 10.5. The minimum atomic E-state index is -0.310. The minimum Gasteiger partial charge on any atom is -0.369 e. The molecule has 12 heavy (non-hydrogen) atoms. The molecule has 0 spiro atoms. The van der Waals surface area contributed by atoms with Crippen molar-refractivity contribution in [3.05, 3.63) is 8.96 Å². The molecule has 2 N–H and O–H groups in total. The van der Waals surface area contributed by atoms with Crippen LogP contribution in [0.25, 0.3) is 0 Å². The van der Waals surface area contributed by atoms with Crippen molar-refractivity contribution < 1.29 is 4.79 Å². The molecule has 2 nitrogen and oxygen atoms in total. The zero-order chi connectivity index (χ0) is 9.56. The van der Waals surface area contributed by atoms with Crippen LogP contribution in [0.4, 0.5) is 0 Å². The van der Waals surface area contributed by atoms with Crippen LogP contribution < -0.4 is 5.73 Å². The summed E-state index contributed by atoms with van der Waals surface area (Å²) in [6.07, 6.45) is 3.51. The van der Waals surface area contributed by atoms with E-state index in [1.54, 1.807) is 0 Å². The molecular weight excluding hydrogens is 286 g/mol. The molecule has 0 saturated heterocycles. The number of primary amides is 1. The van der Waals surface area contributed by atoms with Crippen molar-refractivity contribution in [2.24, 2.45) is 5.73 Å². The van der Waals surface area contributed by atoms with Gasteiger partial charge in [-0.15, -0.1) is 0 Å². The summed E-state index contributed by atoms with van der Waals surface area (Å²) in [6, 6.07) is 0. The summed E-state index contributed by atoms with van der Waals surface area (Å²) in [4.78, 5) is 10.5. The number of carbonyl (C=O) groups excluding carboxylic acids is 1. The average molecular weight is 299 g/mol. The zero-order valence-electron chi connectivity index (χ0n) is 7.07. The number of carbonyl (C=O) groups is 1. The molecule has 70 valence electrons. The lowest BCUT2D eigenvalue weighted by atomic mass is 10.2. The van der Waals surface area contributed by atoms with Crippen LogP contribution >= 0.6 is 31.9 Å². The number of hydrogen-bond donors (Lipinski definition) is 1. The monoisotopic (exact) mass is 297 g/mol. The quantitative estimate of drug-likeness (QED) is 0.833. The van der Waals surface area contributed by atoms with Gasteiger partial charge < -0.3 is 5.73 Å². The molecule has 0 aliphatic rings. The highest BCUT2D eigenvalue weighted by Crippen LogP contribution is 2.25. The molecule has 0 aromatic carbocycles. The van der Waals surface area contributed by atoms with E-state index in [2.05, 4.69) is 38.8 Å². The highest BCUT2D eigenvalue weighted by atomic mass is 79.9. The van der Waals surface area contributed by atoms with Crippen molar-refractivity contribution in [3.63, 3.8) is 0 Å². The number of allylic oxidation sites excluding steroid dienone is 1. The fourth-order valence-corrected chi connectivity index (χ4v) is 1.61. The number of unbranched alkanes of at least 4 members (excludes halogenated alkanes) is 1. The predicted molar refractivity (Wildman–Crippen MR) is 58.2 cm³/mol. The first-order chi connectivity index (χ1) is 5.57. The Hall–Kier alpha value is 0.170. The van der Waals surface area contributed by atoms with E-state index >= 15 is 0 Å². The van der Waals surface area contributed by atoms with Gasteiger partial charge >= 0.3 is 0 Å². The molecule has 0 aromatic heterocycles. The fraction of sp³-hybridized carbons (Fsp3) is 0.625. The van der Waals surface area contributed by atoms with Gasteiger partial charge in [-0.25, -0.2) is 0 Å². The smallest absolute Gasteiger partial charge is 0.222 e. The predicted octanol–water partition coefficient (Wildman–Crippen LogP) is 3.05. The normalized spacial score (nSPS) is 12.6. The van der Waals surface area contributed by atoms with Crippen LogP contribution in [0.5, 0.6) is 0 Å². The van der Waals surface area contributed by atoms with Gasteiger partial charge in [0, 0.05) is 8.96 Å². The van der Waals surface area contributed by atoms with E-state index < -0.39 is 0 Å². The number of halogens is 2. The first-order valence-corrected chi connectivity index (χ1v) is 5.47. The van der Waals surface area contributed by atoms with Crippen molar-refractivity contribution >= 4 is 37.8 Å². The SMILES string of the molecule is CCCC/C(Br)=C(\Br)CC(N)=O. The van der Waals surface area contributed by atoms with Crippen LogP contribution in [0.2, 0.25) is 0 Å². The van der Waals surface area contributed by atoms with Gasteiger partial charge in [0.2, 0.25) is 5.91 Å². The van der Waals surface area contributed by atoms with E-state index in [-0.39, 0.29) is 12.3 Å². The van der Waals surface area contributed by atoms with Gasteiger partial charge in [0.15, 0.2) is 0 Å². The fourth-order valence-electron chi connectivity index (χ4n) is 0.716. The Morgan fingerprint density at radius 1 is 1.33 bits per heavy atom. The Bertz CT molecular complexity index is 189. The van der Waals surface area contributed by atoms with Crippen LogP contribution in [-0.4, -0.2) is 5.91 Å². The van der Waals surface area contributed by atoms with Crippen molar-refractivity contribution in [3.8, 4) is 0 Å². The lowest BCUT2D eigenvalue weighted by molar-refractivity contribution is -0.117. The minimum absolute atomic E-state index is 0.282. The zero-order valence-corrected chi connectivity index (χ0v) is 10.2. The topological polar surface area (TPSA) is 43.1 Å². The second-order valence-corrected chi connectivity index (χ2v) is 4.47. The van der Waals surface area contributed by atoms with Gasteiger partial charge in [-0.3, -0.25) is 4.79 Å². The number of amides is 1. The third-order valence-corrected chi connectivity index (χ3v) is 3.54. The highest BCUT2D eigenvalue weighted by Gasteiger charge is 2.03. The summed E-state index contributed by atoms with van der Waals surface area (Å²) in [6.45, 7) is 2.13. The molecule has 0 atom stereocenters.